The maximum absolute atomic E-state index is 12.0. The summed E-state index contributed by atoms with van der Waals surface area (Å²) >= 11 is 2.05. The van der Waals surface area contributed by atoms with Crippen LogP contribution < -0.4 is 0 Å². The van der Waals surface area contributed by atoms with Gasteiger partial charge in [-0.15, -0.1) is 0 Å². The van der Waals surface area contributed by atoms with Crippen LogP contribution in [0.5, 0.6) is 0 Å². The van der Waals surface area contributed by atoms with Crippen LogP contribution in [0.25, 0.3) is 0 Å². The first-order chi connectivity index (χ1) is 5.16. The lowest BCUT2D eigenvalue weighted by Crippen LogP contribution is -1.66. The molecule has 0 aromatic heterocycles. The third-order valence-corrected chi connectivity index (χ3v) is 1.56. The van der Waals surface area contributed by atoms with E-state index in [0.717, 1.165) is 0 Å². The van der Waals surface area contributed by atoms with E-state index in [-0.39, 0.29) is 0 Å². The lowest BCUT2D eigenvalue weighted by atomic mass is 10.3. The highest BCUT2D eigenvalue weighted by atomic mass is 127. The number of hydrogen-bond acceptors (Lipinski definition) is 1. The SMILES string of the molecule is C=C(F)/C=C\C(=C)C#CSI. The molecule has 0 aromatic rings. The number of rotatable bonds is 2. The first-order valence-corrected chi connectivity index (χ1v) is 6.02. The van der Waals surface area contributed by atoms with E-state index >= 15 is 0 Å². The molecule has 0 saturated heterocycles. The van der Waals surface area contributed by atoms with Crippen LogP contribution in [0.15, 0.2) is 36.7 Å². The van der Waals surface area contributed by atoms with Crippen LogP contribution in [0.4, 0.5) is 4.39 Å². The van der Waals surface area contributed by atoms with Crippen LogP contribution in [-0.4, -0.2) is 0 Å². The molecule has 0 aromatic carbocycles. The summed E-state index contributed by atoms with van der Waals surface area (Å²) in [6.07, 6.45) is 2.72. The summed E-state index contributed by atoms with van der Waals surface area (Å²) in [5.41, 5.74) is 0.577. The number of hydrogen-bond donors (Lipinski definition) is 0. The summed E-state index contributed by atoms with van der Waals surface area (Å²) in [5, 5.41) is 2.72. The van der Waals surface area contributed by atoms with Crippen molar-refractivity contribution in [2.45, 2.75) is 0 Å². The highest BCUT2D eigenvalue weighted by Gasteiger charge is 1.81. The van der Waals surface area contributed by atoms with Gasteiger partial charge < -0.3 is 0 Å². The average Bonchev–Trinajstić information content (AvgIpc) is 1.97. The maximum Gasteiger partial charge on any atom is 0.116 e. The zero-order chi connectivity index (χ0) is 8.69. The Morgan fingerprint density at radius 2 is 2.09 bits per heavy atom. The van der Waals surface area contributed by atoms with Crippen LogP contribution in [0.3, 0.4) is 0 Å². The molecule has 0 atom stereocenters. The minimum absolute atomic E-state index is 0.491. The van der Waals surface area contributed by atoms with Gasteiger partial charge in [0.2, 0.25) is 0 Å². The molecule has 11 heavy (non-hydrogen) atoms. The fourth-order valence-corrected chi connectivity index (χ4v) is 0.817. The molecule has 0 aliphatic rings. The zero-order valence-electron chi connectivity index (χ0n) is 5.73. The summed E-state index contributed by atoms with van der Waals surface area (Å²) in [4.78, 5) is 0. The predicted molar refractivity (Wildman–Crippen MR) is 57.9 cm³/mol. The molecule has 0 heterocycles. The van der Waals surface area contributed by atoms with Crippen LogP contribution in [0.1, 0.15) is 0 Å². The molecule has 0 aliphatic heterocycles. The molecule has 0 nitrogen and oxygen atoms in total. The maximum atomic E-state index is 12.0. The molecule has 58 valence electrons. The molecule has 0 amide bonds. The van der Waals surface area contributed by atoms with E-state index in [0.29, 0.717) is 5.57 Å². The largest absolute Gasteiger partial charge is 0.208 e. The van der Waals surface area contributed by atoms with Crippen molar-refractivity contribution in [2.75, 3.05) is 0 Å². The molecule has 0 radical (unpaired) electrons. The summed E-state index contributed by atoms with van der Waals surface area (Å²) in [5.74, 6) is 2.21. The third-order valence-electron chi connectivity index (χ3n) is 0.716. The van der Waals surface area contributed by atoms with Gasteiger partial charge in [-0.2, -0.15) is 0 Å². The Hall–Kier alpha value is -0.210. The van der Waals surface area contributed by atoms with E-state index in [1.165, 1.54) is 21.1 Å². The quantitative estimate of drug-likeness (QED) is 0.423. The standard InChI is InChI=1S/C8H6FIS/c1-7(5-6-11-10)3-4-8(2)9/h3-4H,1-2H2/b4-3-. The van der Waals surface area contributed by atoms with Crippen molar-refractivity contribution in [1.29, 1.82) is 0 Å². The van der Waals surface area contributed by atoms with Gasteiger partial charge >= 0.3 is 0 Å². The highest BCUT2D eigenvalue weighted by molar-refractivity contribution is 14.2. The molecule has 0 bridgehead atoms. The van der Waals surface area contributed by atoms with Gasteiger partial charge in [-0.25, -0.2) is 4.39 Å². The molecule has 0 saturated carbocycles. The van der Waals surface area contributed by atoms with Crippen molar-refractivity contribution in [3.8, 4) is 11.2 Å². The van der Waals surface area contributed by atoms with Crippen molar-refractivity contribution in [3.63, 3.8) is 0 Å². The molecule has 3 heteroatoms. The molecule has 0 rings (SSSR count). The molecule has 0 aliphatic carbocycles. The van der Waals surface area contributed by atoms with Gasteiger partial charge in [0.25, 0.3) is 0 Å². The molecule has 0 N–H and O–H groups in total. The minimum Gasteiger partial charge on any atom is -0.208 e. The molecule has 0 spiro atoms. The summed E-state index contributed by atoms with van der Waals surface area (Å²) in [7, 11) is 1.36. The first-order valence-electron chi connectivity index (χ1n) is 2.67. The average molecular weight is 280 g/mol. The van der Waals surface area contributed by atoms with Gasteiger partial charge in [0.05, 0.1) is 0 Å². The smallest absolute Gasteiger partial charge is 0.116 e. The fraction of sp³-hybridized carbons (Fsp3) is 0. The monoisotopic (exact) mass is 280 g/mol. The third kappa shape index (κ3) is 7.69. The molecule has 0 fully saturated rings. The molecular weight excluding hydrogens is 274 g/mol. The summed E-state index contributed by atoms with van der Waals surface area (Å²) < 4.78 is 12.0. The Morgan fingerprint density at radius 3 is 2.55 bits per heavy atom. The highest BCUT2D eigenvalue weighted by Crippen LogP contribution is 2.07. The molecular formula is C8H6FIS. The predicted octanol–water partition coefficient (Wildman–Crippen LogP) is 3.63. The van der Waals surface area contributed by atoms with Crippen molar-refractivity contribution in [3.05, 3.63) is 36.7 Å². The van der Waals surface area contributed by atoms with Crippen LogP contribution >= 0.6 is 30.1 Å². The second-order valence-electron chi connectivity index (χ2n) is 1.61. The van der Waals surface area contributed by atoms with E-state index in [2.05, 4.69) is 24.3 Å². The Balaban J connectivity index is 3.98. The van der Waals surface area contributed by atoms with Crippen LogP contribution in [0, 0.1) is 11.2 Å². The van der Waals surface area contributed by atoms with E-state index in [4.69, 9.17) is 0 Å². The van der Waals surface area contributed by atoms with Gasteiger partial charge in [0, 0.05) is 26.8 Å². The summed E-state index contributed by atoms with van der Waals surface area (Å²) in [6, 6.07) is 0. The molecule has 0 unspecified atom stereocenters. The first kappa shape index (κ1) is 10.8. The fourth-order valence-electron chi connectivity index (χ4n) is 0.318. The van der Waals surface area contributed by atoms with Gasteiger partial charge in [0.1, 0.15) is 5.83 Å². The zero-order valence-corrected chi connectivity index (χ0v) is 8.71. The van der Waals surface area contributed by atoms with Gasteiger partial charge in [-0.3, -0.25) is 0 Å². The Bertz CT molecular complexity index is 245. The van der Waals surface area contributed by atoms with E-state index < -0.39 is 5.83 Å². The summed E-state index contributed by atoms with van der Waals surface area (Å²) in [6.45, 7) is 6.64. The van der Waals surface area contributed by atoms with Crippen molar-refractivity contribution in [1.82, 2.24) is 0 Å². The van der Waals surface area contributed by atoms with E-state index in [9.17, 15) is 4.39 Å². The van der Waals surface area contributed by atoms with Crippen LogP contribution in [0.2, 0.25) is 0 Å². The topological polar surface area (TPSA) is 0 Å². The Morgan fingerprint density at radius 1 is 1.45 bits per heavy atom. The van der Waals surface area contributed by atoms with Crippen molar-refractivity contribution >= 4 is 30.1 Å². The lowest BCUT2D eigenvalue weighted by Gasteiger charge is -1.82. The van der Waals surface area contributed by atoms with Gasteiger partial charge in [-0.05, 0) is 26.3 Å². The van der Waals surface area contributed by atoms with E-state index in [1.807, 2.05) is 21.2 Å². The minimum atomic E-state index is -0.491. The second-order valence-corrected chi connectivity index (χ2v) is 3.29. The lowest BCUT2D eigenvalue weighted by molar-refractivity contribution is 0.671. The van der Waals surface area contributed by atoms with E-state index in [1.54, 1.807) is 0 Å². The van der Waals surface area contributed by atoms with Gasteiger partial charge in [-0.1, -0.05) is 19.1 Å². The van der Waals surface area contributed by atoms with Crippen molar-refractivity contribution in [2.24, 2.45) is 0 Å². The normalized spacial score (nSPS) is 8.91. The van der Waals surface area contributed by atoms with Gasteiger partial charge in [0.15, 0.2) is 0 Å². The number of allylic oxidation sites excluding steroid dienone is 4. The Kier molecular flexibility index (Phi) is 6.37. The second kappa shape index (κ2) is 6.50. The van der Waals surface area contributed by atoms with Crippen LogP contribution in [-0.2, 0) is 0 Å². The van der Waals surface area contributed by atoms with Crippen molar-refractivity contribution < 1.29 is 4.39 Å². The Labute approximate surface area is 82.2 Å². The number of halogens is 2.